The highest BCUT2D eigenvalue weighted by molar-refractivity contribution is 5.68. The van der Waals surface area contributed by atoms with Crippen molar-refractivity contribution in [1.29, 1.82) is 0 Å². The maximum absolute atomic E-state index is 14.3. The molecule has 8 nitrogen and oxygen atoms in total. The average Bonchev–Trinajstić information content (AvgIpc) is 2.48. The number of hydrogen-bond donors (Lipinski definition) is 0. The molecular weight excluding hydrogens is 321 g/mol. The highest BCUT2D eigenvalue weighted by Crippen LogP contribution is 2.23. The number of nitro groups is 1. The van der Waals surface area contributed by atoms with Gasteiger partial charge in [-0.1, -0.05) is 0 Å². The molecule has 1 aliphatic heterocycles. The lowest BCUT2D eigenvalue weighted by Crippen LogP contribution is -2.50. The lowest BCUT2D eigenvalue weighted by molar-refractivity contribution is -0.389. The Morgan fingerprint density at radius 1 is 1.46 bits per heavy atom. The van der Waals surface area contributed by atoms with E-state index >= 15 is 0 Å². The molecule has 0 bridgehead atoms. The van der Waals surface area contributed by atoms with E-state index in [0.717, 1.165) is 0 Å². The molecule has 132 valence electrons. The van der Waals surface area contributed by atoms with Gasteiger partial charge in [-0.05, 0) is 36.7 Å². The van der Waals surface area contributed by atoms with E-state index in [9.17, 15) is 19.3 Å². The van der Waals surface area contributed by atoms with Gasteiger partial charge in [-0.2, -0.15) is 0 Å². The summed E-state index contributed by atoms with van der Waals surface area (Å²) in [7, 11) is 0. The number of rotatable bonds is 3. The number of aromatic nitrogens is 1. The largest absolute Gasteiger partial charge is 0.483 e. The number of hydrogen-bond acceptors (Lipinski definition) is 6. The van der Waals surface area contributed by atoms with Crippen molar-refractivity contribution < 1.29 is 23.6 Å². The maximum atomic E-state index is 14.3. The van der Waals surface area contributed by atoms with Crippen molar-refractivity contribution >= 4 is 11.9 Å². The average molecular weight is 341 g/mol. The third-order valence-electron chi connectivity index (χ3n) is 3.33. The molecule has 0 aliphatic carbocycles. The maximum Gasteiger partial charge on any atom is 0.410 e. The molecule has 1 aromatic heterocycles. The molecule has 0 radical (unpaired) electrons. The first-order chi connectivity index (χ1) is 11.2. The van der Waals surface area contributed by atoms with Crippen LogP contribution in [0.15, 0.2) is 18.3 Å². The van der Waals surface area contributed by atoms with Crippen LogP contribution in [-0.2, 0) is 4.74 Å². The second kappa shape index (κ2) is 6.98. The monoisotopic (exact) mass is 341 g/mol. The lowest BCUT2D eigenvalue weighted by atomic mass is 10.1. The van der Waals surface area contributed by atoms with Crippen LogP contribution in [0, 0.1) is 10.1 Å². The van der Waals surface area contributed by atoms with Crippen LogP contribution in [-0.4, -0.2) is 51.9 Å². The fourth-order valence-electron chi connectivity index (χ4n) is 2.23. The van der Waals surface area contributed by atoms with Gasteiger partial charge >= 0.3 is 11.9 Å². The minimum absolute atomic E-state index is 0.125. The zero-order valence-corrected chi connectivity index (χ0v) is 13.8. The molecule has 1 aromatic rings. The van der Waals surface area contributed by atoms with Crippen LogP contribution in [0.1, 0.15) is 27.2 Å². The third kappa shape index (κ3) is 4.77. The van der Waals surface area contributed by atoms with Gasteiger partial charge in [0, 0.05) is 19.0 Å². The fourth-order valence-corrected chi connectivity index (χ4v) is 2.23. The fraction of sp³-hybridized carbons (Fsp3) is 0.600. The highest BCUT2D eigenvalue weighted by atomic mass is 19.1. The van der Waals surface area contributed by atoms with E-state index in [0.29, 0.717) is 6.54 Å². The van der Waals surface area contributed by atoms with Crippen molar-refractivity contribution in [3.8, 4) is 5.75 Å². The van der Waals surface area contributed by atoms with E-state index in [1.165, 1.54) is 23.2 Å². The van der Waals surface area contributed by atoms with Crippen molar-refractivity contribution in [2.24, 2.45) is 0 Å². The molecule has 0 unspecified atom stereocenters. The Balaban J connectivity index is 1.91. The molecule has 1 amide bonds. The first kappa shape index (κ1) is 17.9. The summed E-state index contributed by atoms with van der Waals surface area (Å²) >= 11 is 0. The van der Waals surface area contributed by atoms with E-state index in [1.54, 1.807) is 20.8 Å². The van der Waals surface area contributed by atoms with Gasteiger partial charge < -0.3 is 24.5 Å². The Morgan fingerprint density at radius 3 is 2.67 bits per heavy atom. The van der Waals surface area contributed by atoms with Crippen LogP contribution in [0.3, 0.4) is 0 Å². The molecule has 2 rings (SSSR count). The number of pyridine rings is 1. The molecule has 0 spiro atoms. The summed E-state index contributed by atoms with van der Waals surface area (Å²) in [6, 6.07) is 2.57. The number of ether oxygens (including phenoxy) is 2. The Bertz CT molecular complexity index is 602. The molecule has 1 saturated heterocycles. The Hall–Kier alpha value is -2.45. The molecule has 9 heteroatoms. The van der Waals surface area contributed by atoms with Crippen molar-refractivity contribution in [3.05, 3.63) is 28.4 Å². The topological polar surface area (TPSA) is 94.8 Å². The van der Waals surface area contributed by atoms with Gasteiger partial charge in [-0.3, -0.25) is 0 Å². The van der Waals surface area contributed by atoms with Gasteiger partial charge in [-0.15, -0.1) is 0 Å². The number of alkyl halides is 1. The number of likely N-dealkylation sites (tertiary alicyclic amines) is 1. The number of amides is 1. The standard InChI is InChI=1S/C15H20FN3O5/c1-15(2,3)24-14(20)18-7-6-12(11(16)9-18)23-10-4-5-13(17-8-10)19(21)22/h4-5,8,11-12H,6-7,9H2,1-3H3/t11-,12-/m1/s1. The predicted molar refractivity (Wildman–Crippen MR) is 82.6 cm³/mol. The van der Waals surface area contributed by atoms with Crippen LogP contribution in [0.25, 0.3) is 0 Å². The van der Waals surface area contributed by atoms with E-state index in [4.69, 9.17) is 9.47 Å². The highest BCUT2D eigenvalue weighted by Gasteiger charge is 2.35. The van der Waals surface area contributed by atoms with E-state index in [1.807, 2.05) is 0 Å². The van der Waals surface area contributed by atoms with Crippen LogP contribution < -0.4 is 4.74 Å². The summed E-state index contributed by atoms with van der Waals surface area (Å²) in [5.41, 5.74) is -0.638. The zero-order chi connectivity index (χ0) is 17.9. The van der Waals surface area contributed by atoms with Gasteiger partial charge in [-0.25, -0.2) is 9.18 Å². The van der Waals surface area contributed by atoms with Crippen LogP contribution >= 0.6 is 0 Å². The van der Waals surface area contributed by atoms with E-state index in [2.05, 4.69) is 4.98 Å². The van der Waals surface area contributed by atoms with Gasteiger partial charge in [0.1, 0.15) is 11.7 Å². The number of nitrogens with zero attached hydrogens (tertiary/aromatic N) is 3. The molecule has 0 aromatic carbocycles. The molecule has 1 fully saturated rings. The van der Waals surface area contributed by atoms with Crippen molar-refractivity contribution in [1.82, 2.24) is 9.88 Å². The molecule has 0 N–H and O–H groups in total. The molecule has 2 heterocycles. The van der Waals surface area contributed by atoms with Crippen molar-refractivity contribution in [2.75, 3.05) is 13.1 Å². The summed E-state index contributed by atoms with van der Waals surface area (Å²) in [6.45, 7) is 5.42. The van der Waals surface area contributed by atoms with Gasteiger partial charge in [0.2, 0.25) is 0 Å². The second-order valence-electron chi connectivity index (χ2n) is 6.50. The van der Waals surface area contributed by atoms with Crippen molar-refractivity contribution in [2.45, 2.75) is 45.1 Å². The minimum Gasteiger partial charge on any atom is -0.483 e. The number of carbonyl (C=O) groups excluding carboxylic acids is 1. The first-order valence-corrected chi connectivity index (χ1v) is 7.55. The summed E-state index contributed by atoms with van der Waals surface area (Å²) in [6.07, 6.45) is -1.21. The van der Waals surface area contributed by atoms with Crippen LogP contribution in [0.4, 0.5) is 15.0 Å². The summed E-state index contributed by atoms with van der Waals surface area (Å²) in [5.74, 6) is -0.0575. The molecule has 1 aliphatic rings. The minimum atomic E-state index is -1.39. The first-order valence-electron chi connectivity index (χ1n) is 7.55. The van der Waals surface area contributed by atoms with Crippen LogP contribution in [0.5, 0.6) is 5.75 Å². The van der Waals surface area contributed by atoms with Gasteiger partial charge in [0.05, 0.1) is 6.54 Å². The molecule has 24 heavy (non-hydrogen) atoms. The smallest absolute Gasteiger partial charge is 0.410 e. The Morgan fingerprint density at radius 2 is 2.17 bits per heavy atom. The zero-order valence-electron chi connectivity index (χ0n) is 13.8. The molecule has 2 atom stereocenters. The molecule has 0 saturated carbocycles. The predicted octanol–water partition coefficient (Wildman–Crippen LogP) is 2.72. The normalized spacial score (nSPS) is 21.2. The van der Waals surface area contributed by atoms with Crippen LogP contribution in [0.2, 0.25) is 0 Å². The Labute approximate surface area is 138 Å². The quantitative estimate of drug-likeness (QED) is 0.620. The van der Waals surface area contributed by atoms with E-state index in [-0.39, 0.29) is 24.5 Å². The summed E-state index contributed by atoms with van der Waals surface area (Å²) in [5, 5.41) is 10.5. The second-order valence-corrected chi connectivity index (χ2v) is 6.50. The Kier molecular flexibility index (Phi) is 5.20. The van der Waals surface area contributed by atoms with Gasteiger partial charge in [0.15, 0.2) is 18.1 Å². The number of carbonyl (C=O) groups is 1. The van der Waals surface area contributed by atoms with Gasteiger partial charge in [0.25, 0.3) is 0 Å². The summed E-state index contributed by atoms with van der Waals surface area (Å²) < 4.78 is 25.0. The van der Waals surface area contributed by atoms with E-state index < -0.39 is 28.9 Å². The van der Waals surface area contributed by atoms with Crippen molar-refractivity contribution in [3.63, 3.8) is 0 Å². The lowest BCUT2D eigenvalue weighted by Gasteiger charge is -2.35. The summed E-state index contributed by atoms with van der Waals surface area (Å²) in [4.78, 5) is 26.8. The SMILES string of the molecule is CC(C)(C)OC(=O)N1CC[C@@H](Oc2ccc([N+](=O)[O-])nc2)[C@H](F)C1. The third-order valence-corrected chi connectivity index (χ3v) is 3.33. The molecular formula is C15H20FN3O5. The number of halogens is 1. The number of piperidine rings is 1.